The molecule has 0 atom stereocenters. The van der Waals surface area contributed by atoms with Gasteiger partial charge in [0.25, 0.3) is 11.8 Å². The lowest BCUT2D eigenvalue weighted by Crippen LogP contribution is -2.22. The van der Waals surface area contributed by atoms with E-state index >= 15 is 0 Å². The number of nitrogens with one attached hydrogen (secondary N) is 1. The summed E-state index contributed by atoms with van der Waals surface area (Å²) in [6, 6.07) is 0. The van der Waals surface area contributed by atoms with Crippen molar-refractivity contribution in [3.05, 3.63) is 16.0 Å². The maximum atomic E-state index is 12.4. The average molecular weight is 455 g/mol. The number of nitrogens with two attached hydrogens (primary N) is 1. The second kappa shape index (κ2) is 12.4. The number of primary amides is 1. The summed E-state index contributed by atoms with van der Waals surface area (Å²) in [5.41, 5.74) is 5.73. The van der Waals surface area contributed by atoms with Gasteiger partial charge in [-0.3, -0.25) is 14.4 Å². The third kappa shape index (κ3) is 7.62. The van der Waals surface area contributed by atoms with Crippen LogP contribution in [0.4, 0.5) is 5.00 Å². The fourth-order valence-electron chi connectivity index (χ4n) is 3.55. The number of ether oxygens (including phenoxy) is 3. The molecule has 1 heterocycles. The van der Waals surface area contributed by atoms with Crippen molar-refractivity contribution in [1.82, 2.24) is 0 Å². The largest absolute Gasteiger partial charge is 0.460 e. The smallest absolute Gasteiger partial charge is 0.341 e. The number of amides is 2. The van der Waals surface area contributed by atoms with E-state index in [0.717, 1.165) is 30.6 Å². The Morgan fingerprint density at radius 2 is 1.81 bits per heavy atom. The zero-order valence-corrected chi connectivity index (χ0v) is 18.8. The minimum atomic E-state index is -0.719. The average Bonchev–Trinajstić information content (AvgIpc) is 3.07. The summed E-state index contributed by atoms with van der Waals surface area (Å²) in [7, 11) is 1.47. The lowest BCUT2D eigenvalue weighted by Gasteiger charge is -2.20. The van der Waals surface area contributed by atoms with Gasteiger partial charge >= 0.3 is 11.9 Å². The quantitative estimate of drug-likeness (QED) is 0.388. The highest BCUT2D eigenvalue weighted by atomic mass is 32.1. The lowest BCUT2D eigenvalue weighted by molar-refractivity contribution is -0.147. The van der Waals surface area contributed by atoms with Gasteiger partial charge in [0.1, 0.15) is 11.6 Å². The van der Waals surface area contributed by atoms with E-state index in [1.807, 2.05) is 0 Å². The Bertz CT molecular complexity index is 800. The predicted molar refractivity (Wildman–Crippen MR) is 115 cm³/mol. The second-order valence-corrected chi connectivity index (χ2v) is 8.53. The first-order valence-corrected chi connectivity index (χ1v) is 11.2. The van der Waals surface area contributed by atoms with Crippen LogP contribution in [0.25, 0.3) is 0 Å². The summed E-state index contributed by atoms with van der Waals surface area (Å²) < 4.78 is 15.0. The monoisotopic (exact) mass is 454 g/mol. The molecule has 1 fully saturated rings. The van der Waals surface area contributed by atoms with Crippen molar-refractivity contribution in [2.45, 2.75) is 51.9 Å². The normalized spacial score (nSPS) is 14.1. The number of thiophene rings is 1. The van der Waals surface area contributed by atoms with Crippen molar-refractivity contribution in [2.24, 2.45) is 11.7 Å². The molecule has 0 unspecified atom stereocenters. The first-order chi connectivity index (χ1) is 14.8. The number of anilines is 1. The number of carbonyl (C=O) groups is 4. The summed E-state index contributed by atoms with van der Waals surface area (Å²) in [6.07, 6.45) is 6.97. The number of hydrogen-bond donors (Lipinski definition) is 2. The van der Waals surface area contributed by atoms with E-state index < -0.39 is 30.4 Å². The molecule has 2 amide bonds. The molecule has 1 aromatic rings. The van der Waals surface area contributed by atoms with Crippen LogP contribution in [0.1, 0.15) is 70.5 Å². The standard InChI is InChI=1S/C21H30N2O7S/c1-13-17(21(27)29-11-10-28-2)20(31-18(13)19(22)26)23-15(24)12-30-16(25)9-8-14-6-4-3-5-7-14/h14H,3-12H2,1-2H3,(H2,22,26)(H,23,24). The highest BCUT2D eigenvalue weighted by molar-refractivity contribution is 7.18. The SMILES string of the molecule is COCCOC(=O)c1c(NC(=O)COC(=O)CCC2CCCCC2)sc(C(N)=O)c1C. The van der Waals surface area contributed by atoms with Crippen molar-refractivity contribution in [2.75, 3.05) is 32.2 Å². The van der Waals surface area contributed by atoms with Gasteiger partial charge < -0.3 is 25.3 Å². The first kappa shape index (κ1) is 24.8. The maximum Gasteiger partial charge on any atom is 0.341 e. The van der Waals surface area contributed by atoms with Gasteiger partial charge in [0.05, 0.1) is 17.0 Å². The van der Waals surface area contributed by atoms with Gasteiger partial charge in [0.15, 0.2) is 6.61 Å². The van der Waals surface area contributed by atoms with E-state index in [-0.39, 0.29) is 35.1 Å². The molecule has 2 rings (SSSR count). The molecular weight excluding hydrogens is 424 g/mol. The van der Waals surface area contributed by atoms with Crippen LogP contribution in [0.15, 0.2) is 0 Å². The number of methoxy groups -OCH3 is 1. The van der Waals surface area contributed by atoms with Crippen LogP contribution in [0.5, 0.6) is 0 Å². The molecule has 1 saturated carbocycles. The molecule has 10 heteroatoms. The molecular formula is C21H30N2O7S. The number of hydrogen-bond acceptors (Lipinski definition) is 8. The minimum absolute atomic E-state index is 0.0164. The Hall–Kier alpha value is -2.46. The van der Waals surface area contributed by atoms with Gasteiger partial charge in [-0.05, 0) is 24.8 Å². The van der Waals surface area contributed by atoms with Gasteiger partial charge in [0.2, 0.25) is 0 Å². The maximum absolute atomic E-state index is 12.4. The van der Waals surface area contributed by atoms with Crippen LogP contribution < -0.4 is 11.1 Å². The van der Waals surface area contributed by atoms with Crippen LogP contribution >= 0.6 is 11.3 Å². The Morgan fingerprint density at radius 3 is 2.45 bits per heavy atom. The van der Waals surface area contributed by atoms with E-state index in [1.54, 1.807) is 6.92 Å². The zero-order valence-electron chi connectivity index (χ0n) is 18.0. The highest BCUT2D eigenvalue weighted by Gasteiger charge is 2.26. The zero-order chi connectivity index (χ0) is 22.8. The molecule has 1 aliphatic carbocycles. The van der Waals surface area contributed by atoms with E-state index in [4.69, 9.17) is 19.9 Å². The van der Waals surface area contributed by atoms with E-state index in [1.165, 1.54) is 26.4 Å². The summed E-state index contributed by atoms with van der Waals surface area (Å²) >= 11 is 0.874. The lowest BCUT2D eigenvalue weighted by atomic mass is 9.86. The van der Waals surface area contributed by atoms with Gasteiger partial charge in [-0.25, -0.2) is 4.79 Å². The van der Waals surface area contributed by atoms with E-state index in [9.17, 15) is 19.2 Å². The fraction of sp³-hybridized carbons (Fsp3) is 0.619. The van der Waals surface area contributed by atoms with Crippen molar-refractivity contribution in [3.8, 4) is 0 Å². The molecule has 31 heavy (non-hydrogen) atoms. The van der Waals surface area contributed by atoms with Crippen LogP contribution in [-0.4, -0.2) is 50.7 Å². The molecule has 0 bridgehead atoms. The molecule has 0 aliphatic heterocycles. The molecule has 3 N–H and O–H groups in total. The molecule has 0 aromatic carbocycles. The topological polar surface area (TPSA) is 134 Å². The van der Waals surface area contributed by atoms with Crippen LogP contribution in [0.3, 0.4) is 0 Å². The Morgan fingerprint density at radius 1 is 1.10 bits per heavy atom. The van der Waals surface area contributed by atoms with Crippen LogP contribution in [0.2, 0.25) is 0 Å². The molecule has 0 radical (unpaired) electrons. The predicted octanol–water partition coefficient (Wildman–Crippen LogP) is 2.80. The van der Waals surface area contributed by atoms with Gasteiger partial charge in [-0.1, -0.05) is 32.1 Å². The summed E-state index contributed by atoms with van der Waals surface area (Å²) in [5, 5.41) is 2.64. The van der Waals surface area contributed by atoms with Gasteiger partial charge in [0, 0.05) is 13.5 Å². The van der Waals surface area contributed by atoms with Crippen LogP contribution in [-0.2, 0) is 23.8 Å². The second-order valence-electron chi connectivity index (χ2n) is 7.50. The Labute approximate surface area is 185 Å². The summed E-state index contributed by atoms with van der Waals surface area (Å²) in [5.74, 6) is -1.93. The van der Waals surface area contributed by atoms with Gasteiger partial charge in [-0.15, -0.1) is 11.3 Å². The van der Waals surface area contributed by atoms with Crippen molar-refractivity contribution in [3.63, 3.8) is 0 Å². The number of carbonyl (C=O) groups excluding carboxylic acids is 4. The van der Waals surface area contributed by atoms with E-state index in [2.05, 4.69) is 5.32 Å². The minimum Gasteiger partial charge on any atom is -0.460 e. The van der Waals surface area contributed by atoms with E-state index in [0.29, 0.717) is 11.5 Å². The molecule has 0 spiro atoms. The van der Waals surface area contributed by atoms with Crippen molar-refractivity contribution >= 4 is 40.1 Å². The summed E-state index contributed by atoms with van der Waals surface area (Å²) in [4.78, 5) is 48.5. The number of rotatable bonds is 11. The van der Waals surface area contributed by atoms with Crippen LogP contribution in [0, 0.1) is 12.8 Å². The molecule has 0 saturated heterocycles. The fourth-order valence-corrected chi connectivity index (χ4v) is 4.61. The molecule has 1 aliphatic rings. The number of esters is 2. The Balaban J connectivity index is 1.93. The first-order valence-electron chi connectivity index (χ1n) is 10.4. The Kier molecular flexibility index (Phi) is 9.93. The van der Waals surface area contributed by atoms with Crippen molar-refractivity contribution in [1.29, 1.82) is 0 Å². The molecule has 9 nitrogen and oxygen atoms in total. The third-order valence-corrected chi connectivity index (χ3v) is 6.42. The molecule has 172 valence electrons. The third-order valence-electron chi connectivity index (χ3n) is 5.19. The molecule has 1 aromatic heterocycles. The summed E-state index contributed by atoms with van der Waals surface area (Å²) in [6.45, 7) is 1.29. The highest BCUT2D eigenvalue weighted by Crippen LogP contribution is 2.33. The van der Waals surface area contributed by atoms with Crippen molar-refractivity contribution < 1.29 is 33.4 Å². The van der Waals surface area contributed by atoms with Gasteiger partial charge in [-0.2, -0.15) is 0 Å².